The lowest BCUT2D eigenvalue weighted by molar-refractivity contribution is 0.386. The molecular weight excluding hydrogens is 128 g/mol. The van der Waals surface area contributed by atoms with Gasteiger partial charge < -0.3 is 5.73 Å². The molecule has 0 aromatic heterocycles. The second-order valence-electron chi connectivity index (χ2n) is 2.45. The number of hydrogen-bond donors (Lipinski definition) is 3. The minimum atomic E-state index is 0.0399. The first kappa shape index (κ1) is 7.08. The average molecular weight is 140 g/mol. The van der Waals surface area contributed by atoms with Crippen molar-refractivity contribution < 1.29 is 0 Å². The molecule has 0 aliphatic carbocycles. The van der Waals surface area contributed by atoms with Crippen molar-refractivity contribution in [2.75, 3.05) is 0 Å². The van der Waals surface area contributed by atoms with Crippen LogP contribution in [0.2, 0.25) is 0 Å². The van der Waals surface area contributed by atoms with Crippen molar-refractivity contribution in [1.29, 1.82) is 5.41 Å². The summed E-state index contributed by atoms with van der Waals surface area (Å²) in [5.74, 6) is 0.0399. The van der Waals surface area contributed by atoms with Gasteiger partial charge in [0.2, 0.25) is 5.96 Å². The fourth-order valence-corrected chi connectivity index (χ4v) is 1.04. The van der Waals surface area contributed by atoms with E-state index in [9.17, 15) is 0 Å². The van der Waals surface area contributed by atoms with E-state index in [4.69, 9.17) is 11.1 Å². The number of hydrazine groups is 1. The predicted octanol–water partition coefficient (Wildman–Crippen LogP) is -0.00763. The number of guanidine groups is 1. The number of allylic oxidation sites excluding steroid dienone is 1. The van der Waals surface area contributed by atoms with Gasteiger partial charge in [0.05, 0.1) is 0 Å². The van der Waals surface area contributed by atoms with E-state index in [1.165, 1.54) is 0 Å². The summed E-state index contributed by atoms with van der Waals surface area (Å²) in [6.45, 7) is 3.92. The molecule has 0 aromatic carbocycles. The maximum Gasteiger partial charge on any atom is 0.207 e. The van der Waals surface area contributed by atoms with E-state index in [0.717, 1.165) is 5.70 Å². The molecule has 1 aliphatic rings. The van der Waals surface area contributed by atoms with Gasteiger partial charge in [-0.15, -0.1) is 0 Å². The van der Waals surface area contributed by atoms with Crippen LogP contribution in [-0.4, -0.2) is 17.0 Å². The van der Waals surface area contributed by atoms with Crippen molar-refractivity contribution in [3.63, 3.8) is 0 Å². The third kappa shape index (κ3) is 1.11. The lowest BCUT2D eigenvalue weighted by Crippen LogP contribution is -2.43. The van der Waals surface area contributed by atoms with Gasteiger partial charge in [0.15, 0.2) is 0 Å². The monoisotopic (exact) mass is 140 g/mol. The van der Waals surface area contributed by atoms with E-state index >= 15 is 0 Å². The van der Waals surface area contributed by atoms with Crippen LogP contribution in [0, 0.1) is 5.41 Å². The van der Waals surface area contributed by atoms with Gasteiger partial charge in [-0.05, 0) is 19.9 Å². The Morgan fingerprint density at radius 2 is 2.50 bits per heavy atom. The smallest absolute Gasteiger partial charge is 0.207 e. The van der Waals surface area contributed by atoms with Gasteiger partial charge >= 0.3 is 0 Å². The van der Waals surface area contributed by atoms with Crippen LogP contribution < -0.4 is 11.2 Å². The quantitative estimate of drug-likeness (QED) is 0.327. The average Bonchev–Trinajstić information content (AvgIpc) is 2.10. The van der Waals surface area contributed by atoms with Crippen molar-refractivity contribution in [2.45, 2.75) is 19.9 Å². The highest BCUT2D eigenvalue weighted by Gasteiger charge is 2.17. The molecule has 0 amide bonds. The first-order chi connectivity index (χ1) is 4.61. The van der Waals surface area contributed by atoms with Gasteiger partial charge in [-0.25, -0.2) is 5.43 Å². The number of rotatable bonds is 0. The highest BCUT2D eigenvalue weighted by molar-refractivity contribution is 5.76. The lowest BCUT2D eigenvalue weighted by atomic mass is 10.3. The molecule has 1 rings (SSSR count). The van der Waals surface area contributed by atoms with Gasteiger partial charge in [-0.1, -0.05) is 0 Å². The van der Waals surface area contributed by atoms with E-state index in [0.29, 0.717) is 0 Å². The van der Waals surface area contributed by atoms with E-state index in [1.54, 1.807) is 5.01 Å². The maximum absolute atomic E-state index is 7.11. The zero-order valence-corrected chi connectivity index (χ0v) is 6.18. The largest absolute Gasteiger partial charge is 0.369 e. The van der Waals surface area contributed by atoms with Crippen molar-refractivity contribution in [1.82, 2.24) is 10.4 Å². The van der Waals surface area contributed by atoms with Crippen LogP contribution in [0.4, 0.5) is 0 Å². The normalized spacial score (nSPS) is 24.8. The van der Waals surface area contributed by atoms with E-state index in [-0.39, 0.29) is 12.0 Å². The van der Waals surface area contributed by atoms with Crippen LogP contribution in [0.25, 0.3) is 0 Å². The van der Waals surface area contributed by atoms with Crippen molar-refractivity contribution in [3.05, 3.63) is 11.8 Å². The fourth-order valence-electron chi connectivity index (χ4n) is 1.04. The van der Waals surface area contributed by atoms with Crippen LogP contribution in [0.15, 0.2) is 11.8 Å². The standard InChI is InChI=1S/C6H12N4/c1-4-3-5(2)10(9-4)6(7)8/h3-4,9H,1-2H3,(H3,7,8). The van der Waals surface area contributed by atoms with Crippen LogP contribution >= 0.6 is 0 Å². The second kappa shape index (κ2) is 2.30. The summed E-state index contributed by atoms with van der Waals surface area (Å²) < 4.78 is 0. The summed E-state index contributed by atoms with van der Waals surface area (Å²) in [7, 11) is 0. The summed E-state index contributed by atoms with van der Waals surface area (Å²) in [6, 6.07) is 0.281. The number of hydrogen-bond acceptors (Lipinski definition) is 2. The third-order valence-electron chi connectivity index (χ3n) is 1.42. The van der Waals surface area contributed by atoms with Crippen LogP contribution in [0.1, 0.15) is 13.8 Å². The Bertz CT molecular complexity index is 184. The van der Waals surface area contributed by atoms with Crippen molar-refractivity contribution >= 4 is 5.96 Å². The van der Waals surface area contributed by atoms with Gasteiger partial charge in [-0.3, -0.25) is 10.4 Å². The first-order valence-corrected chi connectivity index (χ1v) is 3.20. The van der Waals surface area contributed by atoms with E-state index in [1.807, 2.05) is 19.9 Å². The molecule has 0 radical (unpaired) electrons. The topological polar surface area (TPSA) is 65.1 Å². The Balaban J connectivity index is 2.68. The second-order valence-corrected chi connectivity index (χ2v) is 2.45. The maximum atomic E-state index is 7.11. The molecule has 0 bridgehead atoms. The first-order valence-electron chi connectivity index (χ1n) is 3.20. The molecule has 4 nitrogen and oxygen atoms in total. The Morgan fingerprint density at radius 3 is 2.70 bits per heavy atom. The number of nitrogens with zero attached hydrogens (tertiary/aromatic N) is 1. The molecule has 4 heteroatoms. The zero-order chi connectivity index (χ0) is 7.72. The minimum Gasteiger partial charge on any atom is -0.369 e. The molecule has 1 heterocycles. The highest BCUT2D eigenvalue weighted by Crippen LogP contribution is 2.08. The fraction of sp³-hybridized carbons (Fsp3) is 0.500. The summed E-state index contributed by atoms with van der Waals surface area (Å²) >= 11 is 0. The number of nitrogens with one attached hydrogen (secondary N) is 2. The van der Waals surface area contributed by atoms with Crippen LogP contribution in [0.3, 0.4) is 0 Å². The summed E-state index contributed by atoms with van der Waals surface area (Å²) in [6.07, 6.45) is 2.02. The Hall–Kier alpha value is -1.03. The van der Waals surface area contributed by atoms with E-state index < -0.39 is 0 Å². The Kier molecular flexibility index (Phi) is 1.63. The molecule has 10 heavy (non-hydrogen) atoms. The Morgan fingerprint density at radius 1 is 1.90 bits per heavy atom. The molecule has 0 fully saturated rings. The molecule has 0 saturated heterocycles. The van der Waals surface area contributed by atoms with Crippen LogP contribution in [-0.2, 0) is 0 Å². The molecule has 56 valence electrons. The molecule has 0 aromatic rings. The predicted molar refractivity (Wildman–Crippen MR) is 40.1 cm³/mol. The highest BCUT2D eigenvalue weighted by atomic mass is 15.6. The van der Waals surface area contributed by atoms with Crippen molar-refractivity contribution in [3.8, 4) is 0 Å². The van der Waals surface area contributed by atoms with Gasteiger partial charge in [0, 0.05) is 11.7 Å². The van der Waals surface area contributed by atoms with Crippen molar-refractivity contribution in [2.24, 2.45) is 5.73 Å². The molecule has 1 atom stereocenters. The van der Waals surface area contributed by atoms with Gasteiger partial charge in [0.25, 0.3) is 0 Å². The molecule has 0 spiro atoms. The van der Waals surface area contributed by atoms with Gasteiger partial charge in [-0.2, -0.15) is 0 Å². The minimum absolute atomic E-state index is 0.0399. The Labute approximate surface area is 60.2 Å². The molecular formula is C6H12N4. The third-order valence-corrected chi connectivity index (χ3v) is 1.42. The SMILES string of the molecule is CC1=CC(C)NN1C(=N)N. The summed E-state index contributed by atoms with van der Waals surface area (Å²) in [5.41, 5.74) is 9.24. The summed E-state index contributed by atoms with van der Waals surface area (Å²) in [4.78, 5) is 0. The molecule has 0 saturated carbocycles. The summed E-state index contributed by atoms with van der Waals surface area (Å²) in [5, 5.41) is 8.67. The molecule has 1 aliphatic heterocycles. The molecule has 1 unspecified atom stereocenters. The lowest BCUT2D eigenvalue weighted by Gasteiger charge is -2.18. The molecule has 4 N–H and O–H groups in total. The van der Waals surface area contributed by atoms with Gasteiger partial charge in [0.1, 0.15) is 0 Å². The number of nitrogens with two attached hydrogens (primary N) is 1. The van der Waals surface area contributed by atoms with E-state index in [2.05, 4.69) is 5.43 Å². The zero-order valence-electron chi connectivity index (χ0n) is 6.18. The van der Waals surface area contributed by atoms with Crippen LogP contribution in [0.5, 0.6) is 0 Å².